The molecule has 1 N–H and O–H groups in total. The molecule has 0 aromatic carbocycles. The number of ether oxygens (including phenoxy) is 1. The third kappa shape index (κ3) is 3.55. The van der Waals surface area contributed by atoms with Gasteiger partial charge in [0.2, 0.25) is 0 Å². The third-order valence-electron chi connectivity index (χ3n) is 5.75. The predicted octanol–water partition coefficient (Wildman–Crippen LogP) is 4.99. The monoisotopic (exact) mass is 370 g/mol. The molecule has 5 nitrogen and oxygen atoms in total. The lowest BCUT2D eigenvalue weighted by Gasteiger charge is -2.30. The summed E-state index contributed by atoms with van der Waals surface area (Å²) >= 11 is 0. The van der Waals surface area contributed by atoms with Gasteiger partial charge < -0.3 is 18.7 Å². The smallest absolute Gasteiger partial charge is 0.347 e. The van der Waals surface area contributed by atoms with Crippen molar-refractivity contribution >= 4 is 0 Å². The Morgan fingerprint density at radius 1 is 1.37 bits per heavy atom. The summed E-state index contributed by atoms with van der Waals surface area (Å²) in [4.78, 5) is 12.9. The highest BCUT2D eigenvalue weighted by Gasteiger charge is 2.46. The third-order valence-corrected chi connectivity index (χ3v) is 5.75. The normalized spacial score (nSPS) is 23.1. The molecule has 144 valence electrons. The summed E-state index contributed by atoms with van der Waals surface area (Å²) in [5.41, 5.74) is 0.0294. The number of allylic oxidation sites excluding steroid dienone is 1. The van der Waals surface area contributed by atoms with E-state index in [-0.39, 0.29) is 17.2 Å². The zero-order valence-electron chi connectivity index (χ0n) is 15.9. The molecule has 1 fully saturated rings. The van der Waals surface area contributed by atoms with Crippen LogP contribution in [0.4, 0.5) is 0 Å². The van der Waals surface area contributed by atoms with Gasteiger partial charge in [-0.2, -0.15) is 0 Å². The van der Waals surface area contributed by atoms with Crippen molar-refractivity contribution in [2.45, 2.75) is 63.9 Å². The van der Waals surface area contributed by atoms with Crippen molar-refractivity contribution < 1.29 is 18.7 Å². The Bertz CT molecular complexity index is 888. The number of hydrogen-bond acceptors (Lipinski definition) is 5. The molecule has 3 heterocycles. The largest absolute Gasteiger partial charge is 0.507 e. The minimum absolute atomic E-state index is 0.000936. The average Bonchev–Trinajstić information content (AvgIpc) is 3.13. The van der Waals surface area contributed by atoms with Crippen LogP contribution >= 0.6 is 0 Å². The molecule has 0 spiro atoms. The van der Waals surface area contributed by atoms with Gasteiger partial charge >= 0.3 is 5.63 Å². The lowest BCUT2D eigenvalue weighted by atomic mass is 9.85. The molecule has 0 amide bonds. The van der Waals surface area contributed by atoms with Crippen molar-refractivity contribution in [1.29, 1.82) is 0 Å². The van der Waals surface area contributed by atoms with Gasteiger partial charge in [-0.15, -0.1) is 0 Å². The Balaban J connectivity index is 1.67. The Morgan fingerprint density at radius 3 is 2.74 bits per heavy atom. The van der Waals surface area contributed by atoms with E-state index in [1.54, 1.807) is 18.6 Å². The topological polar surface area (TPSA) is 72.8 Å². The Kier molecular flexibility index (Phi) is 4.62. The molecule has 1 saturated carbocycles. The first kappa shape index (κ1) is 18.0. The van der Waals surface area contributed by atoms with E-state index in [0.29, 0.717) is 24.5 Å². The number of hydrogen-bond donors (Lipinski definition) is 1. The van der Waals surface area contributed by atoms with E-state index in [1.165, 1.54) is 0 Å². The highest BCUT2D eigenvalue weighted by atomic mass is 16.5. The summed E-state index contributed by atoms with van der Waals surface area (Å²) in [6.07, 6.45) is 10.4. The van der Waals surface area contributed by atoms with Crippen LogP contribution in [0.2, 0.25) is 0 Å². The fourth-order valence-electron chi connectivity index (χ4n) is 4.13. The van der Waals surface area contributed by atoms with E-state index in [1.807, 2.05) is 26.0 Å². The predicted molar refractivity (Wildman–Crippen MR) is 101 cm³/mol. The molecule has 2 atom stereocenters. The maximum Gasteiger partial charge on any atom is 0.347 e. The molecule has 5 heteroatoms. The minimum Gasteiger partial charge on any atom is -0.507 e. The van der Waals surface area contributed by atoms with E-state index in [9.17, 15) is 9.90 Å². The van der Waals surface area contributed by atoms with E-state index in [0.717, 1.165) is 37.0 Å². The summed E-state index contributed by atoms with van der Waals surface area (Å²) in [5.74, 6) is 1.83. The van der Waals surface area contributed by atoms with Gasteiger partial charge in [0.1, 0.15) is 22.7 Å². The van der Waals surface area contributed by atoms with Gasteiger partial charge in [0, 0.05) is 18.4 Å². The van der Waals surface area contributed by atoms with Gasteiger partial charge in [0.25, 0.3) is 0 Å². The second kappa shape index (κ2) is 6.95. The number of rotatable bonds is 7. The van der Waals surface area contributed by atoms with E-state index in [2.05, 4.69) is 0 Å². The Labute approximate surface area is 158 Å². The van der Waals surface area contributed by atoms with Gasteiger partial charge in [0.15, 0.2) is 0 Å². The summed E-state index contributed by atoms with van der Waals surface area (Å²) in [7, 11) is 0. The van der Waals surface area contributed by atoms with Crippen molar-refractivity contribution in [2.24, 2.45) is 5.92 Å². The van der Waals surface area contributed by atoms with Crippen LogP contribution in [0.25, 0.3) is 0 Å². The molecule has 1 aliphatic carbocycles. The van der Waals surface area contributed by atoms with Crippen molar-refractivity contribution in [3.05, 3.63) is 63.8 Å². The van der Waals surface area contributed by atoms with Crippen LogP contribution in [-0.4, -0.2) is 5.11 Å². The minimum atomic E-state index is -0.791. The van der Waals surface area contributed by atoms with Crippen LogP contribution < -0.4 is 5.63 Å². The number of furan rings is 1. The van der Waals surface area contributed by atoms with E-state index < -0.39 is 11.2 Å². The van der Waals surface area contributed by atoms with E-state index >= 15 is 0 Å². The average molecular weight is 370 g/mol. The molecule has 0 saturated heterocycles. The van der Waals surface area contributed by atoms with Crippen molar-refractivity contribution in [3.8, 4) is 5.75 Å². The maximum atomic E-state index is 12.9. The lowest BCUT2D eigenvalue weighted by molar-refractivity contribution is 0.00456. The first-order valence-electron chi connectivity index (χ1n) is 9.75. The molecular weight excluding hydrogens is 344 g/mol. The van der Waals surface area contributed by atoms with Gasteiger partial charge in [-0.3, -0.25) is 0 Å². The second-order valence-electron chi connectivity index (χ2n) is 7.90. The van der Waals surface area contributed by atoms with Crippen LogP contribution in [0.15, 0.2) is 50.1 Å². The first-order valence-corrected chi connectivity index (χ1v) is 9.75. The summed E-state index contributed by atoms with van der Waals surface area (Å²) in [5, 5.41) is 10.8. The van der Waals surface area contributed by atoms with Crippen molar-refractivity contribution in [1.82, 2.24) is 0 Å². The molecule has 1 aliphatic heterocycles. The summed E-state index contributed by atoms with van der Waals surface area (Å²) < 4.78 is 16.9. The van der Waals surface area contributed by atoms with Crippen molar-refractivity contribution in [2.75, 3.05) is 0 Å². The molecule has 2 unspecified atom stereocenters. The van der Waals surface area contributed by atoms with Gasteiger partial charge in [0.05, 0.1) is 18.3 Å². The summed E-state index contributed by atoms with van der Waals surface area (Å²) in [6, 6.07) is 3.51. The molecule has 27 heavy (non-hydrogen) atoms. The van der Waals surface area contributed by atoms with Crippen LogP contribution in [0.1, 0.15) is 68.8 Å². The van der Waals surface area contributed by atoms with Gasteiger partial charge in [-0.25, -0.2) is 4.79 Å². The van der Waals surface area contributed by atoms with Crippen LogP contribution in [-0.2, 0) is 16.8 Å². The fraction of sp³-hybridized carbons (Fsp3) is 0.500. The fourth-order valence-corrected chi connectivity index (χ4v) is 4.13. The second-order valence-corrected chi connectivity index (χ2v) is 7.90. The first-order chi connectivity index (χ1) is 13.0. The molecule has 2 aromatic rings. The highest BCUT2D eigenvalue weighted by molar-refractivity contribution is 5.38. The van der Waals surface area contributed by atoms with Crippen molar-refractivity contribution in [3.63, 3.8) is 0 Å². The maximum absolute atomic E-state index is 12.9. The van der Waals surface area contributed by atoms with Crippen LogP contribution in [0.5, 0.6) is 5.75 Å². The molecule has 2 aromatic heterocycles. The summed E-state index contributed by atoms with van der Waals surface area (Å²) in [6.45, 7) is 3.93. The lowest BCUT2D eigenvalue weighted by Crippen LogP contribution is -2.32. The highest BCUT2D eigenvalue weighted by Crippen LogP contribution is 2.49. The quantitative estimate of drug-likeness (QED) is 0.743. The molecular formula is C22H26O5. The van der Waals surface area contributed by atoms with Gasteiger partial charge in [-0.1, -0.05) is 19.8 Å². The Hall–Kier alpha value is -2.43. The zero-order chi connectivity index (χ0) is 19.0. The molecule has 0 bridgehead atoms. The number of aromatic hydroxyl groups is 1. The standard InChI is InChI=1S/C22H26O5/c1-3-17(10-16-7-9-25-13-16)19-11-18(23)20(21(24)26-19)22(12-15-4-5-15)8-6-14(2)27-22/h6-7,9,11,13,15,17,23H,3-5,8,10,12H2,1-2H3. The zero-order valence-corrected chi connectivity index (χ0v) is 15.9. The molecule has 2 aliphatic rings. The molecule has 0 radical (unpaired) electrons. The SMILES string of the molecule is CCC(Cc1ccoc1)c1cc(O)c(C2(CC3CC3)CC=C(C)O2)c(=O)o1. The van der Waals surface area contributed by atoms with E-state index in [4.69, 9.17) is 13.6 Å². The molecule has 4 rings (SSSR count). The van der Waals surface area contributed by atoms with Gasteiger partial charge in [-0.05, 0) is 49.8 Å². The van der Waals surface area contributed by atoms with Crippen LogP contribution in [0.3, 0.4) is 0 Å². The van der Waals surface area contributed by atoms with Crippen LogP contribution in [0, 0.1) is 5.92 Å². The Morgan fingerprint density at radius 2 is 2.19 bits per heavy atom.